The SMILES string of the molecule is CN(C)/C=C/C(=O)c1cc(F)cc(NCc2ccccc2)c1. The molecule has 0 aliphatic heterocycles. The molecule has 0 heterocycles. The van der Waals surface area contributed by atoms with E-state index >= 15 is 0 Å². The highest BCUT2D eigenvalue weighted by Gasteiger charge is 2.06. The summed E-state index contributed by atoms with van der Waals surface area (Å²) < 4.78 is 13.7. The molecule has 0 saturated heterocycles. The van der Waals surface area contributed by atoms with Crippen LogP contribution in [0.2, 0.25) is 0 Å². The molecular formula is C18H19FN2O. The fourth-order valence-electron chi connectivity index (χ4n) is 1.95. The number of hydrogen-bond donors (Lipinski definition) is 1. The molecule has 22 heavy (non-hydrogen) atoms. The van der Waals surface area contributed by atoms with Crippen LogP contribution >= 0.6 is 0 Å². The number of benzene rings is 2. The van der Waals surface area contributed by atoms with Crippen molar-refractivity contribution in [1.29, 1.82) is 0 Å². The van der Waals surface area contributed by atoms with Gasteiger partial charge in [-0.1, -0.05) is 30.3 Å². The molecule has 3 nitrogen and oxygen atoms in total. The van der Waals surface area contributed by atoms with Crippen LogP contribution in [0.1, 0.15) is 15.9 Å². The summed E-state index contributed by atoms with van der Waals surface area (Å²) in [7, 11) is 3.64. The van der Waals surface area contributed by atoms with Gasteiger partial charge in [0.15, 0.2) is 5.78 Å². The zero-order chi connectivity index (χ0) is 15.9. The Labute approximate surface area is 130 Å². The highest BCUT2D eigenvalue weighted by molar-refractivity contribution is 6.05. The summed E-state index contributed by atoms with van der Waals surface area (Å²) in [6.07, 6.45) is 3.07. The van der Waals surface area contributed by atoms with Gasteiger partial charge >= 0.3 is 0 Å². The summed E-state index contributed by atoms with van der Waals surface area (Å²) in [5, 5.41) is 3.14. The van der Waals surface area contributed by atoms with Crippen LogP contribution in [-0.4, -0.2) is 24.8 Å². The van der Waals surface area contributed by atoms with Crippen LogP contribution in [0.15, 0.2) is 60.8 Å². The Morgan fingerprint density at radius 2 is 1.91 bits per heavy atom. The van der Waals surface area contributed by atoms with Crippen LogP contribution in [0.3, 0.4) is 0 Å². The summed E-state index contributed by atoms with van der Waals surface area (Å²) in [5.41, 5.74) is 2.01. The molecule has 0 bridgehead atoms. The Hall–Kier alpha value is -2.62. The first kappa shape index (κ1) is 15.8. The van der Waals surface area contributed by atoms with E-state index in [1.54, 1.807) is 17.2 Å². The van der Waals surface area contributed by atoms with Gasteiger partial charge in [-0.25, -0.2) is 4.39 Å². The first-order valence-corrected chi connectivity index (χ1v) is 7.02. The number of nitrogens with one attached hydrogen (secondary N) is 1. The number of anilines is 1. The molecule has 0 fully saturated rings. The second-order valence-electron chi connectivity index (χ2n) is 5.21. The number of carbonyl (C=O) groups excluding carboxylic acids is 1. The van der Waals surface area contributed by atoms with Crippen molar-refractivity contribution in [2.24, 2.45) is 0 Å². The van der Waals surface area contributed by atoms with Crippen molar-refractivity contribution < 1.29 is 9.18 Å². The van der Waals surface area contributed by atoms with E-state index in [0.717, 1.165) is 5.56 Å². The Bertz CT molecular complexity index is 666. The van der Waals surface area contributed by atoms with Crippen molar-refractivity contribution in [1.82, 2.24) is 4.90 Å². The van der Waals surface area contributed by atoms with Crippen molar-refractivity contribution >= 4 is 11.5 Å². The first-order chi connectivity index (χ1) is 10.5. The van der Waals surface area contributed by atoms with E-state index in [-0.39, 0.29) is 5.78 Å². The molecule has 0 aliphatic rings. The molecule has 0 aromatic heterocycles. The van der Waals surface area contributed by atoms with Gasteiger partial charge in [0.2, 0.25) is 0 Å². The minimum Gasteiger partial charge on any atom is -0.383 e. The summed E-state index contributed by atoms with van der Waals surface area (Å²) >= 11 is 0. The van der Waals surface area contributed by atoms with Crippen LogP contribution in [-0.2, 0) is 6.54 Å². The van der Waals surface area contributed by atoms with Gasteiger partial charge in [-0.15, -0.1) is 0 Å². The predicted molar refractivity (Wildman–Crippen MR) is 87.3 cm³/mol. The van der Waals surface area contributed by atoms with Crippen molar-refractivity contribution in [3.8, 4) is 0 Å². The maximum atomic E-state index is 13.7. The van der Waals surface area contributed by atoms with E-state index in [0.29, 0.717) is 17.8 Å². The lowest BCUT2D eigenvalue weighted by Crippen LogP contribution is -2.05. The second-order valence-corrected chi connectivity index (χ2v) is 5.21. The fraction of sp³-hybridized carbons (Fsp3) is 0.167. The molecule has 2 aromatic rings. The van der Waals surface area contributed by atoms with Crippen LogP contribution in [0.4, 0.5) is 10.1 Å². The lowest BCUT2D eigenvalue weighted by molar-refractivity contribution is 0.104. The highest BCUT2D eigenvalue weighted by Crippen LogP contribution is 2.16. The predicted octanol–water partition coefficient (Wildman–Crippen LogP) is 3.70. The van der Waals surface area contributed by atoms with Gasteiger partial charge in [0.25, 0.3) is 0 Å². The number of allylic oxidation sites excluding steroid dienone is 1. The third kappa shape index (κ3) is 4.74. The number of rotatable bonds is 6. The summed E-state index contributed by atoms with van der Waals surface area (Å²) in [5.74, 6) is -0.657. The standard InChI is InChI=1S/C18H19FN2O/c1-21(2)9-8-18(22)15-10-16(19)12-17(11-15)20-13-14-6-4-3-5-7-14/h3-12,20H,13H2,1-2H3/b9-8+. The molecule has 2 rings (SSSR count). The average molecular weight is 298 g/mol. The molecule has 1 N–H and O–H groups in total. The molecule has 2 aromatic carbocycles. The third-order valence-corrected chi connectivity index (χ3v) is 3.05. The van der Waals surface area contributed by atoms with Crippen molar-refractivity contribution in [2.75, 3.05) is 19.4 Å². The fourth-order valence-corrected chi connectivity index (χ4v) is 1.95. The monoisotopic (exact) mass is 298 g/mol. The molecule has 114 valence electrons. The molecule has 0 spiro atoms. The first-order valence-electron chi connectivity index (χ1n) is 7.02. The van der Waals surface area contributed by atoms with E-state index in [9.17, 15) is 9.18 Å². The van der Waals surface area contributed by atoms with Crippen molar-refractivity contribution in [2.45, 2.75) is 6.54 Å². The van der Waals surface area contributed by atoms with E-state index in [2.05, 4.69) is 5.32 Å². The van der Waals surface area contributed by atoms with Crippen LogP contribution < -0.4 is 5.32 Å². The molecule has 0 atom stereocenters. The van der Waals surface area contributed by atoms with Gasteiger partial charge in [0.1, 0.15) is 5.82 Å². The minimum absolute atomic E-state index is 0.226. The van der Waals surface area contributed by atoms with Gasteiger partial charge in [-0.3, -0.25) is 4.79 Å². The summed E-state index contributed by atoms with van der Waals surface area (Å²) in [6.45, 7) is 0.575. The zero-order valence-electron chi connectivity index (χ0n) is 12.7. The van der Waals surface area contributed by atoms with E-state index in [4.69, 9.17) is 0 Å². The number of hydrogen-bond acceptors (Lipinski definition) is 3. The lowest BCUT2D eigenvalue weighted by atomic mass is 10.1. The maximum absolute atomic E-state index is 13.7. The van der Waals surface area contributed by atoms with Gasteiger partial charge in [0.05, 0.1) is 0 Å². The maximum Gasteiger partial charge on any atom is 0.187 e. The second kappa shape index (κ2) is 7.41. The highest BCUT2D eigenvalue weighted by atomic mass is 19.1. The largest absolute Gasteiger partial charge is 0.383 e. The summed E-state index contributed by atoms with van der Waals surface area (Å²) in [4.78, 5) is 13.8. The van der Waals surface area contributed by atoms with E-state index in [1.807, 2.05) is 44.4 Å². The van der Waals surface area contributed by atoms with Crippen molar-refractivity contribution in [3.63, 3.8) is 0 Å². The lowest BCUT2D eigenvalue weighted by Gasteiger charge is -2.08. The van der Waals surface area contributed by atoms with Gasteiger partial charge < -0.3 is 10.2 Å². The van der Waals surface area contributed by atoms with Gasteiger partial charge in [0, 0.05) is 44.2 Å². The molecule has 0 saturated carbocycles. The Morgan fingerprint density at radius 1 is 1.18 bits per heavy atom. The molecule has 0 amide bonds. The third-order valence-electron chi connectivity index (χ3n) is 3.05. The average Bonchev–Trinajstić information content (AvgIpc) is 2.51. The molecule has 0 radical (unpaired) electrons. The quantitative estimate of drug-likeness (QED) is 0.652. The molecule has 0 aliphatic carbocycles. The molecule has 4 heteroatoms. The van der Waals surface area contributed by atoms with E-state index in [1.165, 1.54) is 18.2 Å². The van der Waals surface area contributed by atoms with Crippen LogP contribution in [0, 0.1) is 5.82 Å². The van der Waals surface area contributed by atoms with Crippen LogP contribution in [0.25, 0.3) is 0 Å². The Morgan fingerprint density at radius 3 is 2.59 bits per heavy atom. The minimum atomic E-state index is -0.431. The Balaban J connectivity index is 2.11. The van der Waals surface area contributed by atoms with E-state index < -0.39 is 5.82 Å². The number of halogens is 1. The normalized spacial score (nSPS) is 10.7. The van der Waals surface area contributed by atoms with Crippen LogP contribution in [0.5, 0.6) is 0 Å². The summed E-state index contributed by atoms with van der Waals surface area (Å²) in [6, 6.07) is 14.1. The van der Waals surface area contributed by atoms with Crippen molar-refractivity contribution in [3.05, 3.63) is 77.8 Å². The molecule has 0 unspecified atom stereocenters. The smallest absolute Gasteiger partial charge is 0.187 e. The Kier molecular flexibility index (Phi) is 5.31. The number of carbonyl (C=O) groups is 1. The van der Waals surface area contributed by atoms with Gasteiger partial charge in [-0.05, 0) is 23.8 Å². The van der Waals surface area contributed by atoms with Gasteiger partial charge in [-0.2, -0.15) is 0 Å². The number of ketones is 1. The molecular weight excluding hydrogens is 279 g/mol. The zero-order valence-corrected chi connectivity index (χ0v) is 12.7. The topological polar surface area (TPSA) is 32.3 Å². The number of nitrogens with zero attached hydrogens (tertiary/aromatic N) is 1.